The molecule has 2 unspecified atom stereocenters. The third-order valence-corrected chi connectivity index (χ3v) is 6.71. The van der Waals surface area contributed by atoms with Crippen molar-refractivity contribution in [3.63, 3.8) is 0 Å². The molecule has 1 fully saturated rings. The molecule has 1 heterocycles. The van der Waals surface area contributed by atoms with E-state index in [-0.39, 0.29) is 30.2 Å². The summed E-state index contributed by atoms with van der Waals surface area (Å²) in [6, 6.07) is 20.6. The second kappa shape index (κ2) is 9.74. The highest BCUT2D eigenvalue weighted by atomic mass is 32.2. The Balaban J connectivity index is 1.78. The molecule has 2 aromatic rings. The topological polar surface area (TPSA) is 38.7 Å². The molecule has 1 saturated heterocycles. The lowest BCUT2D eigenvalue weighted by atomic mass is 9.79. The van der Waals surface area contributed by atoms with Crippen molar-refractivity contribution in [2.45, 2.75) is 49.9 Å². The molecule has 1 aliphatic heterocycles. The maximum atomic E-state index is 9.67. The van der Waals surface area contributed by atoms with E-state index in [0.717, 1.165) is 0 Å². The molecule has 3 rings (SSSR count). The Morgan fingerprint density at radius 2 is 1.63 bits per heavy atom. The molecule has 0 bridgehead atoms. The zero-order chi connectivity index (χ0) is 19.2. The summed E-state index contributed by atoms with van der Waals surface area (Å²) in [5.74, 6) is 0.764. The van der Waals surface area contributed by atoms with Crippen molar-refractivity contribution >= 4 is 11.8 Å². The zero-order valence-electron chi connectivity index (χ0n) is 16.3. The quantitative estimate of drug-likeness (QED) is 0.728. The largest absolute Gasteiger partial charge is 0.396 e. The average molecular weight is 387 g/mol. The number of aliphatic hydroxyl groups is 1. The average Bonchev–Trinajstić information content (AvgIpc) is 2.71. The first-order valence-electron chi connectivity index (χ1n) is 9.73. The molecule has 3 nitrogen and oxygen atoms in total. The van der Waals surface area contributed by atoms with E-state index < -0.39 is 0 Å². The predicted octanol–water partition coefficient (Wildman–Crippen LogP) is 4.99. The van der Waals surface area contributed by atoms with Crippen LogP contribution in [0.4, 0.5) is 0 Å². The summed E-state index contributed by atoms with van der Waals surface area (Å²) >= 11 is 1.72. The number of ether oxygens (including phenoxy) is 2. The van der Waals surface area contributed by atoms with Crippen LogP contribution in [0.25, 0.3) is 0 Å². The maximum Gasteiger partial charge on any atom is 0.134 e. The van der Waals surface area contributed by atoms with E-state index in [1.165, 1.54) is 10.5 Å². The maximum absolute atomic E-state index is 9.67. The van der Waals surface area contributed by atoms with E-state index in [1.807, 2.05) is 36.4 Å². The van der Waals surface area contributed by atoms with E-state index in [2.05, 4.69) is 45.0 Å². The van der Waals surface area contributed by atoms with Gasteiger partial charge in [-0.15, -0.1) is 0 Å². The van der Waals surface area contributed by atoms with Gasteiger partial charge < -0.3 is 14.6 Å². The third-order valence-electron chi connectivity index (χ3n) is 5.55. The van der Waals surface area contributed by atoms with Crippen LogP contribution in [0.5, 0.6) is 0 Å². The molecular weight excluding hydrogens is 356 g/mol. The normalized spacial score (nSPS) is 29.4. The number of benzene rings is 2. The van der Waals surface area contributed by atoms with Gasteiger partial charge in [-0.2, -0.15) is 0 Å². The van der Waals surface area contributed by atoms with Gasteiger partial charge in [0.25, 0.3) is 0 Å². The number of hydrogen-bond donors (Lipinski definition) is 1. The van der Waals surface area contributed by atoms with Gasteiger partial charge in [-0.25, -0.2) is 0 Å². The van der Waals surface area contributed by atoms with Gasteiger partial charge in [0.1, 0.15) is 5.44 Å². The highest BCUT2D eigenvalue weighted by molar-refractivity contribution is 7.99. The highest BCUT2D eigenvalue weighted by Crippen LogP contribution is 2.42. The molecule has 0 radical (unpaired) electrons. The second-order valence-corrected chi connectivity index (χ2v) is 8.71. The lowest BCUT2D eigenvalue weighted by Gasteiger charge is -2.46. The van der Waals surface area contributed by atoms with Gasteiger partial charge >= 0.3 is 0 Å². The van der Waals surface area contributed by atoms with Gasteiger partial charge in [-0.05, 0) is 29.5 Å². The molecular formula is C23H30O3S. The van der Waals surface area contributed by atoms with Crippen molar-refractivity contribution in [2.75, 3.05) is 6.61 Å². The van der Waals surface area contributed by atoms with Crippen molar-refractivity contribution in [3.05, 3.63) is 66.2 Å². The Morgan fingerprint density at radius 3 is 2.26 bits per heavy atom. The fourth-order valence-corrected chi connectivity index (χ4v) is 4.91. The second-order valence-electron chi connectivity index (χ2n) is 7.54. The number of hydrogen-bond acceptors (Lipinski definition) is 4. The molecule has 0 amide bonds. The summed E-state index contributed by atoms with van der Waals surface area (Å²) < 4.78 is 12.9. The van der Waals surface area contributed by atoms with Crippen LogP contribution in [0.15, 0.2) is 65.6 Å². The lowest BCUT2D eigenvalue weighted by molar-refractivity contribution is -0.175. The molecule has 27 heavy (non-hydrogen) atoms. The lowest BCUT2D eigenvalue weighted by Crippen LogP contribution is -2.51. The van der Waals surface area contributed by atoms with Gasteiger partial charge in [0.15, 0.2) is 0 Å². The molecule has 146 valence electrons. The summed E-state index contributed by atoms with van der Waals surface area (Å²) in [6.45, 7) is 7.24. The summed E-state index contributed by atoms with van der Waals surface area (Å²) in [5.41, 5.74) is 1.08. The van der Waals surface area contributed by atoms with Crippen LogP contribution in [0, 0.1) is 17.8 Å². The summed E-state index contributed by atoms with van der Waals surface area (Å²) in [4.78, 5) is 1.17. The SMILES string of the molecule is CC1[C@H](C)C([C@H](C)CO)O[C@H](Sc2ccccc2)[C@@H]1OCc1ccccc1. The number of rotatable bonds is 7. The van der Waals surface area contributed by atoms with Crippen molar-refractivity contribution in [1.29, 1.82) is 0 Å². The fourth-order valence-electron chi connectivity index (χ4n) is 3.68. The van der Waals surface area contributed by atoms with Crippen LogP contribution in [0.2, 0.25) is 0 Å². The minimum atomic E-state index is -0.0960. The fraction of sp³-hybridized carbons (Fsp3) is 0.478. The van der Waals surface area contributed by atoms with E-state index in [9.17, 15) is 5.11 Å². The third kappa shape index (κ3) is 5.14. The number of aliphatic hydroxyl groups excluding tert-OH is 1. The Morgan fingerprint density at radius 1 is 1.00 bits per heavy atom. The molecule has 1 aliphatic rings. The Hall–Kier alpha value is -1.33. The first kappa shape index (κ1) is 20.4. The van der Waals surface area contributed by atoms with Crippen LogP contribution in [-0.4, -0.2) is 29.4 Å². The van der Waals surface area contributed by atoms with E-state index >= 15 is 0 Å². The summed E-state index contributed by atoms with van der Waals surface area (Å²) in [6.07, 6.45) is 0.0235. The Kier molecular flexibility index (Phi) is 7.36. The van der Waals surface area contributed by atoms with Gasteiger partial charge in [0.2, 0.25) is 0 Å². The monoisotopic (exact) mass is 386 g/mol. The predicted molar refractivity (Wildman–Crippen MR) is 111 cm³/mol. The van der Waals surface area contributed by atoms with Gasteiger partial charge in [0, 0.05) is 17.4 Å². The Bertz CT molecular complexity index is 679. The van der Waals surface area contributed by atoms with E-state index in [1.54, 1.807) is 11.8 Å². The Labute approximate surface area is 167 Å². The van der Waals surface area contributed by atoms with Crippen molar-refractivity contribution < 1.29 is 14.6 Å². The molecule has 0 aliphatic carbocycles. The summed E-state index contributed by atoms with van der Waals surface area (Å²) in [5, 5.41) is 9.67. The minimum Gasteiger partial charge on any atom is -0.396 e. The molecule has 4 heteroatoms. The summed E-state index contributed by atoms with van der Waals surface area (Å²) in [7, 11) is 0. The van der Waals surface area contributed by atoms with Crippen LogP contribution < -0.4 is 0 Å². The molecule has 0 spiro atoms. The molecule has 2 aromatic carbocycles. The van der Waals surface area contributed by atoms with Crippen LogP contribution >= 0.6 is 11.8 Å². The first-order chi connectivity index (χ1) is 13.1. The van der Waals surface area contributed by atoms with Crippen molar-refractivity contribution in [2.24, 2.45) is 17.8 Å². The minimum absolute atomic E-state index is 0.00689. The highest BCUT2D eigenvalue weighted by Gasteiger charge is 2.44. The first-order valence-corrected chi connectivity index (χ1v) is 10.6. The number of thioether (sulfide) groups is 1. The molecule has 0 aromatic heterocycles. The smallest absolute Gasteiger partial charge is 0.134 e. The molecule has 1 N–H and O–H groups in total. The van der Waals surface area contributed by atoms with Gasteiger partial charge in [-0.1, -0.05) is 81.1 Å². The van der Waals surface area contributed by atoms with Crippen LogP contribution in [-0.2, 0) is 16.1 Å². The van der Waals surface area contributed by atoms with Gasteiger partial charge in [-0.3, -0.25) is 0 Å². The van der Waals surface area contributed by atoms with Crippen LogP contribution in [0.3, 0.4) is 0 Å². The van der Waals surface area contributed by atoms with E-state index in [0.29, 0.717) is 18.4 Å². The van der Waals surface area contributed by atoms with Crippen molar-refractivity contribution in [1.82, 2.24) is 0 Å². The molecule has 0 saturated carbocycles. The van der Waals surface area contributed by atoms with Crippen LogP contribution in [0.1, 0.15) is 26.3 Å². The van der Waals surface area contributed by atoms with Gasteiger partial charge in [0.05, 0.1) is 18.8 Å². The molecule has 6 atom stereocenters. The zero-order valence-corrected chi connectivity index (χ0v) is 17.1. The van der Waals surface area contributed by atoms with E-state index in [4.69, 9.17) is 9.47 Å². The standard InChI is InChI=1S/C23H30O3S/c1-16(14-24)21-17(2)18(3)22(25-15-19-10-6-4-7-11-19)23(26-21)27-20-12-8-5-9-13-20/h4-13,16-18,21-24H,14-15H2,1-3H3/t16-,17+,18?,21?,22-,23-/m1/s1. The van der Waals surface area contributed by atoms with Crippen molar-refractivity contribution in [3.8, 4) is 0 Å².